The first-order valence-corrected chi connectivity index (χ1v) is 11.5. The molecule has 0 spiro atoms. The van der Waals surface area contributed by atoms with Crippen LogP contribution in [0, 0.1) is 0 Å². The molecule has 0 amide bonds. The molecule has 4 rings (SSSR count). The Morgan fingerprint density at radius 2 is 1.94 bits per heavy atom. The molecule has 13 heteroatoms. The van der Waals surface area contributed by atoms with Gasteiger partial charge in [0.1, 0.15) is 4.90 Å². The summed E-state index contributed by atoms with van der Waals surface area (Å²) in [5, 5.41) is 3.97. The van der Waals surface area contributed by atoms with Gasteiger partial charge in [0.15, 0.2) is 21.3 Å². The molecular formula is C18H12ClF3N4O3S2. The van der Waals surface area contributed by atoms with Crippen LogP contribution in [0.5, 0.6) is 0 Å². The van der Waals surface area contributed by atoms with E-state index in [1.165, 1.54) is 30.5 Å². The SMILES string of the molecule is CCS(=O)(=O)c1cc(-c2ccc(Cl)s2)cnc1-n1nc2ccc(C(F)(F)F)cn2c1=O. The second-order valence-electron chi connectivity index (χ2n) is 6.39. The molecule has 4 heterocycles. The van der Waals surface area contributed by atoms with Gasteiger partial charge >= 0.3 is 11.9 Å². The lowest BCUT2D eigenvalue weighted by Gasteiger charge is -2.09. The molecule has 4 aromatic heterocycles. The summed E-state index contributed by atoms with van der Waals surface area (Å²) < 4.78 is 66.4. The summed E-state index contributed by atoms with van der Waals surface area (Å²) in [5.41, 5.74) is -1.65. The topological polar surface area (TPSA) is 86.3 Å². The summed E-state index contributed by atoms with van der Waals surface area (Å²) in [6, 6.07) is 6.50. The predicted molar refractivity (Wildman–Crippen MR) is 110 cm³/mol. The van der Waals surface area contributed by atoms with Gasteiger partial charge in [-0.25, -0.2) is 22.6 Å². The number of hydrogen-bond donors (Lipinski definition) is 0. The third-order valence-electron chi connectivity index (χ3n) is 4.45. The summed E-state index contributed by atoms with van der Waals surface area (Å²) in [5.74, 6) is -0.577. The minimum atomic E-state index is -4.66. The molecule has 0 aliphatic heterocycles. The smallest absolute Gasteiger partial charge is 0.249 e. The minimum absolute atomic E-state index is 0.0891. The number of alkyl halides is 3. The van der Waals surface area contributed by atoms with Gasteiger partial charge in [-0.05, 0) is 30.3 Å². The molecule has 0 bridgehead atoms. The van der Waals surface area contributed by atoms with Crippen molar-refractivity contribution in [3.05, 3.63) is 63.1 Å². The molecule has 0 aromatic carbocycles. The minimum Gasteiger partial charge on any atom is -0.249 e. The van der Waals surface area contributed by atoms with Gasteiger partial charge in [-0.1, -0.05) is 18.5 Å². The lowest BCUT2D eigenvalue weighted by molar-refractivity contribution is -0.137. The van der Waals surface area contributed by atoms with E-state index in [1.807, 2.05) is 0 Å². The highest BCUT2D eigenvalue weighted by molar-refractivity contribution is 7.91. The first kappa shape index (κ1) is 21.5. The number of pyridine rings is 2. The maximum Gasteiger partial charge on any atom is 0.417 e. The highest BCUT2D eigenvalue weighted by Crippen LogP contribution is 2.33. The van der Waals surface area contributed by atoms with E-state index in [9.17, 15) is 26.4 Å². The Hall–Kier alpha value is -2.70. The molecule has 0 unspecified atom stereocenters. The van der Waals surface area contributed by atoms with Crippen LogP contribution < -0.4 is 5.69 Å². The Kier molecular flexibility index (Phi) is 5.18. The maximum atomic E-state index is 13.0. The largest absolute Gasteiger partial charge is 0.417 e. The fourth-order valence-corrected chi connectivity index (χ4v) is 4.92. The van der Waals surface area contributed by atoms with Crippen LogP contribution in [0.25, 0.3) is 21.9 Å². The van der Waals surface area contributed by atoms with Gasteiger partial charge in [-0.3, -0.25) is 0 Å². The van der Waals surface area contributed by atoms with Crippen LogP contribution in [-0.2, 0) is 16.0 Å². The molecule has 0 saturated heterocycles. The van der Waals surface area contributed by atoms with E-state index >= 15 is 0 Å². The third-order valence-corrected chi connectivity index (χ3v) is 7.46. The van der Waals surface area contributed by atoms with Crippen LogP contribution in [0.15, 0.2) is 52.4 Å². The highest BCUT2D eigenvalue weighted by Gasteiger charge is 2.31. The van der Waals surface area contributed by atoms with Crippen molar-refractivity contribution in [2.75, 3.05) is 5.75 Å². The zero-order valence-corrected chi connectivity index (χ0v) is 18.0. The van der Waals surface area contributed by atoms with Gasteiger partial charge in [0.2, 0.25) is 0 Å². The first-order valence-electron chi connectivity index (χ1n) is 8.69. The summed E-state index contributed by atoms with van der Waals surface area (Å²) in [6.45, 7) is 1.43. The number of nitrogens with zero attached hydrogens (tertiary/aromatic N) is 4. The number of fused-ring (bicyclic) bond motifs is 1. The van der Waals surface area contributed by atoms with Crippen LogP contribution in [0.3, 0.4) is 0 Å². The summed E-state index contributed by atoms with van der Waals surface area (Å²) >= 11 is 7.16. The number of rotatable bonds is 4. The van der Waals surface area contributed by atoms with Crippen molar-refractivity contribution in [2.45, 2.75) is 18.0 Å². The van der Waals surface area contributed by atoms with Crippen molar-refractivity contribution in [1.29, 1.82) is 0 Å². The molecule has 0 fully saturated rings. The molecular weight excluding hydrogens is 477 g/mol. The zero-order valence-electron chi connectivity index (χ0n) is 15.6. The molecule has 0 radical (unpaired) electrons. The van der Waals surface area contributed by atoms with Crippen LogP contribution in [0.2, 0.25) is 4.34 Å². The van der Waals surface area contributed by atoms with E-state index in [1.54, 1.807) is 12.1 Å². The fraction of sp³-hybridized carbons (Fsp3) is 0.167. The maximum absolute atomic E-state index is 13.0. The van der Waals surface area contributed by atoms with Crippen molar-refractivity contribution in [2.24, 2.45) is 0 Å². The Bertz CT molecular complexity index is 1470. The summed E-state index contributed by atoms with van der Waals surface area (Å²) in [4.78, 5) is 17.3. The summed E-state index contributed by atoms with van der Waals surface area (Å²) in [7, 11) is -3.87. The summed E-state index contributed by atoms with van der Waals surface area (Å²) in [6.07, 6.45) is -2.70. The van der Waals surface area contributed by atoms with Crippen LogP contribution in [0.1, 0.15) is 12.5 Å². The Labute approximate surface area is 182 Å². The van der Waals surface area contributed by atoms with E-state index < -0.39 is 27.3 Å². The van der Waals surface area contributed by atoms with Crippen molar-refractivity contribution in [1.82, 2.24) is 19.2 Å². The molecule has 4 aromatic rings. The van der Waals surface area contributed by atoms with Gasteiger partial charge in [0.25, 0.3) is 0 Å². The Morgan fingerprint density at radius 1 is 1.19 bits per heavy atom. The molecule has 162 valence electrons. The second-order valence-corrected chi connectivity index (χ2v) is 10.4. The third kappa shape index (κ3) is 3.86. The normalized spacial score (nSPS) is 12.5. The van der Waals surface area contributed by atoms with Gasteiger partial charge in [0.05, 0.1) is 15.7 Å². The quantitative estimate of drug-likeness (QED) is 0.432. The van der Waals surface area contributed by atoms with Gasteiger partial charge < -0.3 is 0 Å². The molecule has 0 atom stereocenters. The Balaban J connectivity index is 1.96. The van der Waals surface area contributed by atoms with Crippen LogP contribution in [-0.4, -0.2) is 33.3 Å². The van der Waals surface area contributed by atoms with E-state index in [4.69, 9.17) is 11.6 Å². The van der Waals surface area contributed by atoms with Crippen LogP contribution in [0.4, 0.5) is 13.2 Å². The van der Waals surface area contributed by atoms with Crippen LogP contribution >= 0.6 is 22.9 Å². The van der Waals surface area contributed by atoms with Gasteiger partial charge in [-0.2, -0.15) is 17.9 Å². The number of aromatic nitrogens is 4. The van der Waals surface area contributed by atoms with Gasteiger partial charge in [0, 0.05) is 22.8 Å². The lowest BCUT2D eigenvalue weighted by atomic mass is 10.2. The van der Waals surface area contributed by atoms with E-state index in [0.717, 1.165) is 12.1 Å². The highest BCUT2D eigenvalue weighted by atomic mass is 35.5. The standard InChI is InChI=1S/C18H12ClF3N4O3S2/c1-2-31(28,29)13-7-10(12-4-5-14(19)30-12)8-23-16(13)26-17(27)25-9-11(18(20,21)22)3-6-15(25)24-26/h3-9H,2H2,1H3. The predicted octanol–water partition coefficient (Wildman–Crippen LogP) is 4.07. The lowest BCUT2D eigenvalue weighted by Crippen LogP contribution is -2.23. The fourth-order valence-electron chi connectivity index (χ4n) is 2.87. The van der Waals surface area contributed by atoms with E-state index in [2.05, 4.69) is 10.1 Å². The Morgan fingerprint density at radius 3 is 2.55 bits per heavy atom. The van der Waals surface area contributed by atoms with Crippen molar-refractivity contribution < 1.29 is 21.6 Å². The first-order chi connectivity index (χ1) is 14.5. The average molecular weight is 489 g/mol. The van der Waals surface area contributed by atoms with Crippen molar-refractivity contribution in [3.8, 4) is 16.3 Å². The molecule has 7 nitrogen and oxygen atoms in total. The molecule has 31 heavy (non-hydrogen) atoms. The molecule has 0 aliphatic carbocycles. The second kappa shape index (κ2) is 7.46. The average Bonchev–Trinajstić information content (AvgIpc) is 3.30. The monoisotopic (exact) mass is 488 g/mol. The molecule has 0 saturated carbocycles. The van der Waals surface area contributed by atoms with Crippen molar-refractivity contribution in [3.63, 3.8) is 0 Å². The number of hydrogen-bond acceptors (Lipinski definition) is 6. The molecule has 0 N–H and O–H groups in total. The van der Waals surface area contributed by atoms with E-state index in [0.29, 0.717) is 30.1 Å². The number of thiophene rings is 1. The number of halogens is 4. The zero-order chi connectivity index (χ0) is 22.6. The number of sulfone groups is 1. The van der Waals surface area contributed by atoms with Gasteiger partial charge in [-0.15, -0.1) is 16.4 Å². The van der Waals surface area contributed by atoms with Crippen molar-refractivity contribution >= 4 is 38.4 Å². The van der Waals surface area contributed by atoms with E-state index in [-0.39, 0.29) is 22.1 Å². The molecule has 0 aliphatic rings.